The minimum absolute atomic E-state index is 0.0187. The van der Waals surface area contributed by atoms with Gasteiger partial charge in [-0.1, -0.05) is 11.6 Å². The van der Waals surface area contributed by atoms with Gasteiger partial charge in [-0.3, -0.25) is 4.79 Å². The average Bonchev–Trinajstić information content (AvgIpc) is 2.32. The number of phenols is 1. The molecule has 0 spiro atoms. The zero-order valence-electron chi connectivity index (χ0n) is 9.70. The molecule has 0 bridgehead atoms. The number of halogens is 1. The smallest absolute Gasteiger partial charge is 0.255 e. The Balaban J connectivity index is 2.44. The number of carbonyl (C=O) groups excluding carboxylic acids is 1. The molecule has 94 valence electrons. The van der Waals surface area contributed by atoms with Gasteiger partial charge in [0.05, 0.1) is 18.8 Å². The van der Waals surface area contributed by atoms with Gasteiger partial charge < -0.3 is 15.2 Å². The lowest BCUT2D eigenvalue weighted by molar-refractivity contribution is 0.0921. The van der Waals surface area contributed by atoms with E-state index in [2.05, 4.69) is 5.32 Å². The van der Waals surface area contributed by atoms with Crippen molar-refractivity contribution in [2.24, 2.45) is 0 Å². The Labute approximate surface area is 106 Å². The second kappa shape index (κ2) is 7.14. The third-order valence-corrected chi connectivity index (χ3v) is 2.30. The number of amides is 1. The largest absolute Gasteiger partial charge is 0.507 e. The second-order valence-electron chi connectivity index (χ2n) is 3.58. The number of nitrogens with one attached hydrogen (secondary N) is 1. The van der Waals surface area contributed by atoms with E-state index >= 15 is 0 Å². The third kappa shape index (κ3) is 4.63. The lowest BCUT2D eigenvalue weighted by Gasteiger charge is -2.07. The first-order valence-corrected chi connectivity index (χ1v) is 5.90. The molecule has 0 aromatic heterocycles. The normalized spacial score (nSPS) is 10.2. The van der Waals surface area contributed by atoms with Crippen LogP contribution in [0.2, 0.25) is 0 Å². The monoisotopic (exact) mass is 257 g/mol. The molecule has 0 aliphatic heterocycles. The molecule has 0 saturated heterocycles. The van der Waals surface area contributed by atoms with Crippen LogP contribution in [0.3, 0.4) is 0 Å². The topological polar surface area (TPSA) is 58.6 Å². The molecule has 0 aliphatic rings. The summed E-state index contributed by atoms with van der Waals surface area (Å²) < 4.78 is 5.11. The van der Waals surface area contributed by atoms with Gasteiger partial charge >= 0.3 is 0 Å². The highest BCUT2D eigenvalue weighted by Gasteiger charge is 2.10. The molecule has 1 rings (SSSR count). The van der Waals surface area contributed by atoms with E-state index in [1.807, 2.05) is 6.92 Å². The molecule has 0 fully saturated rings. The summed E-state index contributed by atoms with van der Waals surface area (Å²) in [6.07, 6.45) is 0. The molecule has 4 nitrogen and oxygen atoms in total. The Morgan fingerprint density at radius 3 is 2.94 bits per heavy atom. The Bertz CT molecular complexity index is 382. The number of hydrogen-bond donors (Lipinski definition) is 2. The Morgan fingerprint density at radius 2 is 2.24 bits per heavy atom. The fourth-order valence-electron chi connectivity index (χ4n) is 1.32. The molecule has 1 aromatic rings. The van der Waals surface area contributed by atoms with E-state index in [0.717, 1.165) is 5.56 Å². The van der Waals surface area contributed by atoms with E-state index in [0.29, 0.717) is 25.6 Å². The predicted molar refractivity (Wildman–Crippen MR) is 66.7 cm³/mol. The van der Waals surface area contributed by atoms with Crippen LogP contribution in [0.1, 0.15) is 15.9 Å². The molecule has 17 heavy (non-hydrogen) atoms. The van der Waals surface area contributed by atoms with Crippen LogP contribution in [0, 0.1) is 6.92 Å². The Kier molecular flexibility index (Phi) is 5.80. The molecule has 0 atom stereocenters. The van der Waals surface area contributed by atoms with Gasteiger partial charge in [-0.15, -0.1) is 11.6 Å². The van der Waals surface area contributed by atoms with Crippen molar-refractivity contribution >= 4 is 17.5 Å². The second-order valence-corrected chi connectivity index (χ2v) is 3.96. The van der Waals surface area contributed by atoms with Crippen LogP contribution in [-0.4, -0.2) is 36.7 Å². The maximum atomic E-state index is 11.7. The van der Waals surface area contributed by atoms with Crippen LogP contribution in [0.25, 0.3) is 0 Å². The number of aryl methyl sites for hydroxylation is 1. The Hall–Kier alpha value is -1.26. The predicted octanol–water partition coefficient (Wildman–Crippen LogP) is 1.69. The molecule has 1 amide bonds. The zero-order chi connectivity index (χ0) is 12.7. The van der Waals surface area contributed by atoms with Crippen LogP contribution >= 0.6 is 11.6 Å². The molecular formula is C12H16ClNO3. The highest BCUT2D eigenvalue weighted by Crippen LogP contribution is 2.17. The molecule has 5 heteroatoms. The molecule has 0 heterocycles. The summed E-state index contributed by atoms with van der Waals surface area (Å²) in [4.78, 5) is 11.7. The van der Waals surface area contributed by atoms with Crippen LogP contribution in [-0.2, 0) is 4.74 Å². The van der Waals surface area contributed by atoms with Crippen molar-refractivity contribution in [2.75, 3.05) is 25.6 Å². The van der Waals surface area contributed by atoms with Crippen molar-refractivity contribution in [1.82, 2.24) is 5.32 Å². The van der Waals surface area contributed by atoms with E-state index in [-0.39, 0.29) is 17.2 Å². The number of alkyl halides is 1. The highest BCUT2D eigenvalue weighted by atomic mass is 35.5. The standard InChI is InChI=1S/C12H16ClNO3/c1-9-2-3-11(15)10(8-9)12(16)14-5-7-17-6-4-13/h2-3,8,15H,4-7H2,1H3,(H,14,16). The first-order valence-electron chi connectivity index (χ1n) is 5.36. The van der Waals surface area contributed by atoms with Crippen LogP contribution in [0.15, 0.2) is 18.2 Å². The quantitative estimate of drug-likeness (QED) is 0.602. The highest BCUT2D eigenvalue weighted by molar-refractivity contribution is 6.17. The van der Waals surface area contributed by atoms with Crippen molar-refractivity contribution in [3.05, 3.63) is 29.3 Å². The summed E-state index contributed by atoms with van der Waals surface area (Å²) in [5.74, 6) is 0.113. The lowest BCUT2D eigenvalue weighted by atomic mass is 10.1. The molecule has 0 aliphatic carbocycles. The van der Waals surface area contributed by atoms with Gasteiger partial charge in [0.2, 0.25) is 0 Å². The fraction of sp³-hybridized carbons (Fsp3) is 0.417. The molecular weight excluding hydrogens is 242 g/mol. The van der Waals surface area contributed by atoms with E-state index < -0.39 is 0 Å². The molecule has 1 aromatic carbocycles. The van der Waals surface area contributed by atoms with Crippen LogP contribution in [0.4, 0.5) is 0 Å². The molecule has 2 N–H and O–H groups in total. The third-order valence-electron chi connectivity index (χ3n) is 2.15. The van der Waals surface area contributed by atoms with Gasteiger partial charge in [0, 0.05) is 12.4 Å². The number of carbonyl (C=O) groups is 1. The Morgan fingerprint density at radius 1 is 1.47 bits per heavy atom. The summed E-state index contributed by atoms with van der Waals surface area (Å²) in [5.41, 5.74) is 1.20. The van der Waals surface area contributed by atoms with E-state index in [1.165, 1.54) is 6.07 Å². The number of ether oxygens (including phenoxy) is 1. The maximum Gasteiger partial charge on any atom is 0.255 e. The van der Waals surface area contributed by atoms with Crippen molar-refractivity contribution < 1.29 is 14.6 Å². The summed E-state index contributed by atoms with van der Waals surface area (Å²) in [5, 5.41) is 12.2. The van der Waals surface area contributed by atoms with E-state index in [1.54, 1.807) is 12.1 Å². The number of benzene rings is 1. The van der Waals surface area contributed by atoms with Gasteiger partial charge in [-0.05, 0) is 19.1 Å². The summed E-state index contributed by atoms with van der Waals surface area (Å²) in [6, 6.07) is 4.90. The van der Waals surface area contributed by atoms with E-state index in [9.17, 15) is 9.90 Å². The van der Waals surface area contributed by atoms with Gasteiger partial charge in [0.15, 0.2) is 0 Å². The summed E-state index contributed by atoms with van der Waals surface area (Å²) in [6.45, 7) is 3.13. The zero-order valence-corrected chi connectivity index (χ0v) is 10.5. The molecule has 0 radical (unpaired) electrons. The summed E-state index contributed by atoms with van der Waals surface area (Å²) >= 11 is 5.43. The minimum Gasteiger partial charge on any atom is -0.507 e. The number of rotatable bonds is 6. The fourth-order valence-corrected chi connectivity index (χ4v) is 1.43. The number of hydrogen-bond acceptors (Lipinski definition) is 3. The lowest BCUT2D eigenvalue weighted by Crippen LogP contribution is -2.27. The minimum atomic E-state index is -0.305. The van der Waals surface area contributed by atoms with Gasteiger partial charge in [-0.25, -0.2) is 0 Å². The molecule has 0 unspecified atom stereocenters. The number of aromatic hydroxyl groups is 1. The SMILES string of the molecule is Cc1ccc(O)c(C(=O)NCCOCCCl)c1. The maximum absolute atomic E-state index is 11.7. The van der Waals surface area contributed by atoms with Crippen molar-refractivity contribution in [3.8, 4) is 5.75 Å². The molecule has 0 saturated carbocycles. The van der Waals surface area contributed by atoms with Crippen molar-refractivity contribution in [2.45, 2.75) is 6.92 Å². The van der Waals surface area contributed by atoms with Gasteiger partial charge in [0.1, 0.15) is 5.75 Å². The van der Waals surface area contributed by atoms with Crippen molar-refractivity contribution in [3.63, 3.8) is 0 Å². The van der Waals surface area contributed by atoms with Gasteiger partial charge in [-0.2, -0.15) is 0 Å². The average molecular weight is 258 g/mol. The first kappa shape index (κ1) is 13.8. The number of phenolic OH excluding ortho intramolecular Hbond substituents is 1. The van der Waals surface area contributed by atoms with E-state index in [4.69, 9.17) is 16.3 Å². The first-order chi connectivity index (χ1) is 8.15. The summed E-state index contributed by atoms with van der Waals surface area (Å²) in [7, 11) is 0. The van der Waals surface area contributed by atoms with Crippen LogP contribution < -0.4 is 5.32 Å². The van der Waals surface area contributed by atoms with Gasteiger partial charge in [0.25, 0.3) is 5.91 Å². The van der Waals surface area contributed by atoms with Crippen LogP contribution in [0.5, 0.6) is 5.75 Å². The van der Waals surface area contributed by atoms with Crippen molar-refractivity contribution in [1.29, 1.82) is 0 Å².